The molecule has 8 heteroatoms. The minimum Gasteiger partial charge on any atom is -0.490 e. The zero-order valence-corrected chi connectivity index (χ0v) is 20.1. The molecular formula is C25H21Cl2N3O2S. The van der Waals surface area contributed by atoms with Crippen LogP contribution in [0.5, 0.6) is 11.5 Å². The summed E-state index contributed by atoms with van der Waals surface area (Å²) in [6, 6.07) is 21.1. The summed E-state index contributed by atoms with van der Waals surface area (Å²) >= 11 is 13.6. The highest BCUT2D eigenvalue weighted by atomic mass is 35.5. The van der Waals surface area contributed by atoms with E-state index < -0.39 is 0 Å². The number of hydrogen-bond acceptors (Lipinski definition) is 6. The van der Waals surface area contributed by atoms with E-state index in [1.807, 2.05) is 66.9 Å². The van der Waals surface area contributed by atoms with Gasteiger partial charge in [-0.05, 0) is 48.4 Å². The van der Waals surface area contributed by atoms with Crippen molar-refractivity contribution in [3.8, 4) is 22.8 Å². The average molecular weight is 498 g/mol. The van der Waals surface area contributed by atoms with Crippen LogP contribution < -0.4 is 14.9 Å². The van der Waals surface area contributed by atoms with Crippen molar-refractivity contribution in [2.75, 3.05) is 12.0 Å². The predicted octanol–water partition coefficient (Wildman–Crippen LogP) is 7.54. The second-order valence-electron chi connectivity index (χ2n) is 6.95. The number of nitrogens with one attached hydrogen (secondary N) is 1. The van der Waals surface area contributed by atoms with Crippen molar-refractivity contribution in [1.29, 1.82) is 0 Å². The molecule has 0 aliphatic rings. The monoisotopic (exact) mass is 497 g/mol. The Balaban J connectivity index is 1.41. The first-order valence-corrected chi connectivity index (χ1v) is 11.9. The van der Waals surface area contributed by atoms with Gasteiger partial charge < -0.3 is 9.47 Å². The second kappa shape index (κ2) is 11.2. The Morgan fingerprint density at radius 1 is 0.970 bits per heavy atom. The first-order valence-electron chi connectivity index (χ1n) is 10.3. The summed E-state index contributed by atoms with van der Waals surface area (Å²) in [5, 5.41) is 8.04. The maximum Gasteiger partial charge on any atom is 0.203 e. The van der Waals surface area contributed by atoms with Gasteiger partial charge in [-0.3, -0.25) is 5.43 Å². The molecule has 0 saturated heterocycles. The molecular weight excluding hydrogens is 477 g/mol. The van der Waals surface area contributed by atoms with Crippen LogP contribution in [0.3, 0.4) is 0 Å². The number of anilines is 1. The van der Waals surface area contributed by atoms with Crippen molar-refractivity contribution in [3.63, 3.8) is 0 Å². The molecule has 0 aliphatic heterocycles. The molecule has 0 atom stereocenters. The highest BCUT2D eigenvalue weighted by Crippen LogP contribution is 2.30. The van der Waals surface area contributed by atoms with Crippen LogP contribution in [0.4, 0.5) is 5.13 Å². The van der Waals surface area contributed by atoms with Gasteiger partial charge in [-0.25, -0.2) is 4.98 Å². The van der Waals surface area contributed by atoms with Gasteiger partial charge in [0.05, 0.1) is 28.6 Å². The van der Waals surface area contributed by atoms with Gasteiger partial charge in [0.25, 0.3) is 0 Å². The topological polar surface area (TPSA) is 55.7 Å². The molecule has 5 nitrogen and oxygen atoms in total. The number of rotatable bonds is 9. The largest absolute Gasteiger partial charge is 0.490 e. The molecule has 0 bridgehead atoms. The van der Waals surface area contributed by atoms with E-state index in [4.69, 9.17) is 32.7 Å². The zero-order chi connectivity index (χ0) is 23.0. The molecule has 4 aromatic rings. The van der Waals surface area contributed by atoms with Crippen molar-refractivity contribution < 1.29 is 9.47 Å². The van der Waals surface area contributed by atoms with Gasteiger partial charge in [-0.2, -0.15) is 5.10 Å². The molecule has 0 spiro atoms. The van der Waals surface area contributed by atoms with Gasteiger partial charge in [0, 0.05) is 10.9 Å². The fraction of sp³-hybridized carbons (Fsp3) is 0.120. The third-order valence-corrected chi connectivity index (χ3v) is 6.08. The van der Waals surface area contributed by atoms with E-state index in [0.717, 1.165) is 27.5 Å². The molecule has 0 amide bonds. The number of thiazole rings is 1. The smallest absolute Gasteiger partial charge is 0.203 e. The molecule has 0 fully saturated rings. The van der Waals surface area contributed by atoms with E-state index in [9.17, 15) is 0 Å². The van der Waals surface area contributed by atoms with Crippen molar-refractivity contribution in [2.45, 2.75) is 13.5 Å². The molecule has 1 aromatic heterocycles. The third kappa shape index (κ3) is 6.26. The van der Waals surface area contributed by atoms with Gasteiger partial charge in [-0.15, -0.1) is 11.3 Å². The van der Waals surface area contributed by atoms with Crippen LogP contribution in [0.1, 0.15) is 18.1 Å². The van der Waals surface area contributed by atoms with Gasteiger partial charge in [0.15, 0.2) is 11.5 Å². The number of hydrogen-bond donors (Lipinski definition) is 1. The summed E-state index contributed by atoms with van der Waals surface area (Å²) in [7, 11) is 0. The van der Waals surface area contributed by atoms with Crippen LogP contribution in [0.25, 0.3) is 11.3 Å². The van der Waals surface area contributed by atoms with E-state index in [0.29, 0.717) is 34.8 Å². The normalized spacial score (nSPS) is 11.0. The van der Waals surface area contributed by atoms with Gasteiger partial charge in [0.1, 0.15) is 6.61 Å². The number of aromatic nitrogens is 1. The fourth-order valence-corrected chi connectivity index (χ4v) is 4.00. The SMILES string of the molecule is CCOc1cc(/C=N/Nc2nc(-c3ccccc3)cs2)ccc1OCc1ccc(Cl)c(Cl)c1. The molecule has 3 aromatic carbocycles. The van der Waals surface area contributed by atoms with Gasteiger partial charge in [-0.1, -0.05) is 59.6 Å². The Morgan fingerprint density at radius 2 is 1.82 bits per heavy atom. The van der Waals surface area contributed by atoms with Crippen LogP contribution in [0, 0.1) is 0 Å². The molecule has 33 heavy (non-hydrogen) atoms. The highest BCUT2D eigenvalue weighted by molar-refractivity contribution is 7.14. The minimum atomic E-state index is 0.347. The Hall–Kier alpha value is -3.06. The molecule has 168 valence electrons. The summed E-state index contributed by atoms with van der Waals surface area (Å²) in [5.41, 5.74) is 6.76. The minimum absolute atomic E-state index is 0.347. The quantitative estimate of drug-likeness (QED) is 0.191. The van der Waals surface area contributed by atoms with Crippen LogP contribution in [-0.2, 0) is 6.61 Å². The lowest BCUT2D eigenvalue weighted by atomic mass is 10.2. The Morgan fingerprint density at radius 3 is 2.61 bits per heavy atom. The lowest BCUT2D eigenvalue weighted by Gasteiger charge is -2.13. The predicted molar refractivity (Wildman–Crippen MR) is 137 cm³/mol. The lowest BCUT2D eigenvalue weighted by Crippen LogP contribution is -2.01. The summed E-state index contributed by atoms with van der Waals surface area (Å²) < 4.78 is 11.7. The van der Waals surface area contributed by atoms with E-state index in [2.05, 4.69) is 15.5 Å². The molecule has 0 unspecified atom stereocenters. The molecule has 0 aliphatic carbocycles. The fourth-order valence-electron chi connectivity index (χ4n) is 3.01. The number of nitrogens with zero attached hydrogens (tertiary/aromatic N) is 2. The number of hydrazone groups is 1. The Kier molecular flexibility index (Phi) is 7.83. The van der Waals surface area contributed by atoms with Crippen molar-refractivity contribution in [3.05, 3.63) is 93.3 Å². The molecule has 1 N–H and O–H groups in total. The zero-order valence-electron chi connectivity index (χ0n) is 17.8. The third-order valence-electron chi connectivity index (χ3n) is 4.59. The van der Waals surface area contributed by atoms with Crippen LogP contribution in [0.2, 0.25) is 10.0 Å². The average Bonchev–Trinajstić information content (AvgIpc) is 3.30. The van der Waals surface area contributed by atoms with Crippen molar-refractivity contribution in [2.24, 2.45) is 5.10 Å². The van der Waals surface area contributed by atoms with Crippen LogP contribution in [0.15, 0.2) is 77.2 Å². The highest BCUT2D eigenvalue weighted by Gasteiger charge is 2.08. The van der Waals surface area contributed by atoms with E-state index in [-0.39, 0.29) is 0 Å². The summed E-state index contributed by atoms with van der Waals surface area (Å²) in [6.07, 6.45) is 1.72. The molecule has 0 radical (unpaired) electrons. The van der Waals surface area contributed by atoms with E-state index in [1.165, 1.54) is 11.3 Å². The summed E-state index contributed by atoms with van der Waals surface area (Å²) in [6.45, 7) is 2.79. The number of ether oxygens (including phenoxy) is 2. The molecule has 1 heterocycles. The number of halogens is 2. The van der Waals surface area contributed by atoms with Gasteiger partial charge >= 0.3 is 0 Å². The second-order valence-corrected chi connectivity index (χ2v) is 8.62. The van der Waals surface area contributed by atoms with Crippen molar-refractivity contribution >= 4 is 45.9 Å². The lowest BCUT2D eigenvalue weighted by molar-refractivity contribution is 0.269. The number of benzene rings is 3. The molecule has 0 saturated carbocycles. The summed E-state index contributed by atoms with van der Waals surface area (Å²) in [5.74, 6) is 1.28. The summed E-state index contributed by atoms with van der Waals surface area (Å²) in [4.78, 5) is 4.57. The van der Waals surface area contributed by atoms with E-state index >= 15 is 0 Å². The molecule has 4 rings (SSSR count). The standard InChI is InChI=1S/C25H21Cl2N3O2S/c1-2-31-24-13-17(9-11-23(24)32-15-18-8-10-20(26)21(27)12-18)14-28-30-25-29-22(16-33-25)19-6-4-3-5-7-19/h3-14,16H,2,15H2,1H3,(H,29,30)/b28-14+. The maximum atomic E-state index is 6.09. The maximum absolute atomic E-state index is 6.09. The van der Waals surface area contributed by atoms with E-state index in [1.54, 1.807) is 18.3 Å². The van der Waals surface area contributed by atoms with Gasteiger partial charge in [0.2, 0.25) is 5.13 Å². The van der Waals surface area contributed by atoms with Crippen LogP contribution >= 0.6 is 34.5 Å². The first kappa shape index (κ1) is 23.1. The Labute approximate surface area is 206 Å². The first-order chi connectivity index (χ1) is 16.1. The van der Waals surface area contributed by atoms with Crippen molar-refractivity contribution in [1.82, 2.24) is 4.98 Å². The van der Waals surface area contributed by atoms with Crippen LogP contribution in [-0.4, -0.2) is 17.8 Å². The Bertz CT molecular complexity index is 1250.